The Bertz CT molecular complexity index is 1230. The van der Waals surface area contributed by atoms with Crippen LogP contribution in [0.5, 0.6) is 0 Å². The van der Waals surface area contributed by atoms with Gasteiger partial charge in [-0.05, 0) is 55.4 Å². The molecule has 1 fully saturated rings. The molecule has 1 aromatic heterocycles. The molecule has 37 heavy (non-hydrogen) atoms. The minimum Gasteiger partial charge on any atom is -0.478 e. The maximum atomic E-state index is 12.3. The van der Waals surface area contributed by atoms with Crippen LogP contribution < -0.4 is 5.32 Å². The van der Waals surface area contributed by atoms with Gasteiger partial charge in [0.15, 0.2) is 0 Å². The van der Waals surface area contributed by atoms with E-state index in [1.807, 2.05) is 18.2 Å². The van der Waals surface area contributed by atoms with E-state index in [1.165, 1.54) is 12.8 Å². The number of anilines is 1. The lowest BCUT2D eigenvalue weighted by Gasteiger charge is -2.13. The third-order valence-corrected chi connectivity index (χ3v) is 6.86. The van der Waals surface area contributed by atoms with Gasteiger partial charge in [0.2, 0.25) is 0 Å². The second kappa shape index (κ2) is 12.3. The van der Waals surface area contributed by atoms with Gasteiger partial charge in [-0.1, -0.05) is 68.5 Å². The molecule has 1 saturated carbocycles. The molecule has 4 nitrogen and oxygen atoms in total. The van der Waals surface area contributed by atoms with E-state index in [9.17, 15) is 18.0 Å². The number of halogens is 3. The fourth-order valence-electron chi connectivity index (χ4n) is 4.79. The number of unbranched alkanes of at least 4 members (excludes halogenated alkanes) is 6. The molecule has 1 heterocycles. The number of fused-ring (bicyclic) bond motifs is 1. The summed E-state index contributed by atoms with van der Waals surface area (Å²) < 4.78 is 36.8. The van der Waals surface area contributed by atoms with Crippen LogP contribution in [-0.2, 0) is 11.2 Å². The second-order valence-corrected chi connectivity index (χ2v) is 10.0. The molecule has 0 amide bonds. The van der Waals surface area contributed by atoms with Gasteiger partial charge in [0.1, 0.15) is 0 Å². The summed E-state index contributed by atoms with van der Waals surface area (Å²) in [6, 6.07) is 14.8. The number of hydrogen-bond acceptors (Lipinski definition) is 2. The highest BCUT2D eigenvalue weighted by molar-refractivity contribution is 6.02. The van der Waals surface area contributed by atoms with E-state index in [-0.39, 0.29) is 6.42 Å². The zero-order valence-electron chi connectivity index (χ0n) is 21.0. The molecule has 3 N–H and O–H groups in total. The Kier molecular flexibility index (Phi) is 8.95. The molecule has 0 radical (unpaired) electrons. The number of carboxylic acid groups (broad SMARTS) is 1. The maximum Gasteiger partial charge on any atom is 0.389 e. The number of aliphatic carboxylic acids is 1. The highest BCUT2D eigenvalue weighted by atomic mass is 19.4. The summed E-state index contributed by atoms with van der Waals surface area (Å²) in [5.41, 5.74) is 6.36. The highest BCUT2D eigenvalue weighted by Gasteiger charge is 2.26. The molecule has 0 saturated heterocycles. The van der Waals surface area contributed by atoms with Gasteiger partial charge in [-0.25, -0.2) is 4.79 Å². The number of nitrogens with one attached hydrogen (secondary N) is 2. The van der Waals surface area contributed by atoms with Crippen molar-refractivity contribution in [1.82, 2.24) is 4.98 Å². The summed E-state index contributed by atoms with van der Waals surface area (Å²) in [5.74, 6) is -0.979. The zero-order chi connectivity index (χ0) is 26.3. The monoisotopic (exact) mass is 512 g/mol. The van der Waals surface area contributed by atoms with Gasteiger partial charge in [0.25, 0.3) is 0 Å². The van der Waals surface area contributed by atoms with Crippen molar-refractivity contribution < 1.29 is 23.1 Å². The quantitative estimate of drug-likeness (QED) is 0.149. The van der Waals surface area contributed by atoms with E-state index in [2.05, 4.69) is 34.6 Å². The Labute approximate surface area is 216 Å². The average molecular weight is 513 g/mol. The normalized spacial score (nSPS) is 14.0. The molecule has 2 aromatic carbocycles. The van der Waals surface area contributed by atoms with E-state index in [4.69, 9.17) is 5.11 Å². The van der Waals surface area contributed by atoms with E-state index >= 15 is 0 Å². The number of H-pyrrole nitrogens is 1. The van der Waals surface area contributed by atoms with Crippen molar-refractivity contribution in [2.24, 2.45) is 0 Å². The molecule has 0 aliphatic heterocycles. The van der Waals surface area contributed by atoms with Crippen LogP contribution in [0.1, 0.15) is 75.3 Å². The van der Waals surface area contributed by atoms with Gasteiger partial charge in [-0.3, -0.25) is 0 Å². The van der Waals surface area contributed by atoms with Crippen LogP contribution in [0.2, 0.25) is 0 Å². The first-order valence-corrected chi connectivity index (χ1v) is 13.3. The fourth-order valence-corrected chi connectivity index (χ4v) is 4.79. The van der Waals surface area contributed by atoms with Crippen molar-refractivity contribution in [3.63, 3.8) is 0 Å². The lowest BCUT2D eigenvalue weighted by atomic mass is 9.95. The number of carbonyl (C=O) groups is 1. The predicted octanol–water partition coefficient (Wildman–Crippen LogP) is 8.73. The molecule has 0 atom stereocenters. The highest BCUT2D eigenvalue weighted by Crippen LogP contribution is 2.40. The van der Waals surface area contributed by atoms with Gasteiger partial charge in [-0.15, -0.1) is 0 Å². The number of rotatable bonds is 14. The van der Waals surface area contributed by atoms with Crippen molar-refractivity contribution in [3.05, 3.63) is 59.7 Å². The first-order chi connectivity index (χ1) is 17.8. The molecular weight excluding hydrogens is 477 g/mol. The Morgan fingerprint density at radius 1 is 1.00 bits per heavy atom. The number of carboxylic acids is 1. The number of hydrogen-bond donors (Lipinski definition) is 3. The van der Waals surface area contributed by atoms with Crippen LogP contribution in [-0.4, -0.2) is 28.3 Å². The average Bonchev–Trinajstić information content (AvgIpc) is 3.61. The standard InChI is InChI=1S/C30H35F3N2O2/c31-30(32,33)19-9-5-3-1-2-4-6-10-22-20-21(14-18-27(36)37)13-17-24(22)28-29(34-23-15-16-23)25-11-7-8-12-26(25)35-28/h7-8,11-14,17-18,20,23,34-35H,1-6,9-10,15-16,19H2,(H,36,37)/b18-14+. The SMILES string of the molecule is O=C(O)/C=C/c1ccc(-c2[nH]c3ccccc3c2NC2CC2)c(CCCCCCCCCC(F)(F)F)c1. The van der Waals surface area contributed by atoms with Crippen LogP contribution in [0.15, 0.2) is 48.5 Å². The Hall–Kier alpha value is -3.22. The molecule has 3 aromatic rings. The van der Waals surface area contributed by atoms with Crippen molar-refractivity contribution in [1.29, 1.82) is 0 Å². The van der Waals surface area contributed by atoms with E-state index < -0.39 is 18.6 Å². The van der Waals surface area contributed by atoms with Gasteiger partial charge in [0.05, 0.1) is 11.4 Å². The number of benzene rings is 2. The lowest BCUT2D eigenvalue weighted by Crippen LogP contribution is -2.06. The summed E-state index contributed by atoms with van der Waals surface area (Å²) >= 11 is 0. The second-order valence-electron chi connectivity index (χ2n) is 10.0. The van der Waals surface area contributed by atoms with Crippen LogP contribution >= 0.6 is 0 Å². The molecule has 1 aliphatic rings. The number of alkyl halides is 3. The fraction of sp³-hybridized carbons (Fsp3) is 0.433. The van der Waals surface area contributed by atoms with Gasteiger partial charge < -0.3 is 15.4 Å². The van der Waals surface area contributed by atoms with E-state index in [0.717, 1.165) is 83.6 Å². The van der Waals surface area contributed by atoms with Crippen molar-refractivity contribution >= 4 is 28.6 Å². The Balaban J connectivity index is 1.46. The Morgan fingerprint density at radius 3 is 2.41 bits per heavy atom. The molecule has 4 rings (SSSR count). The summed E-state index contributed by atoms with van der Waals surface area (Å²) in [5, 5.41) is 13.9. The van der Waals surface area contributed by atoms with Crippen molar-refractivity contribution in [3.8, 4) is 11.3 Å². The van der Waals surface area contributed by atoms with Crippen molar-refractivity contribution in [2.75, 3.05) is 5.32 Å². The first kappa shape index (κ1) is 26.8. The minimum absolute atomic E-state index is 0.214. The van der Waals surface area contributed by atoms with Gasteiger partial charge >= 0.3 is 12.1 Å². The van der Waals surface area contributed by atoms with E-state index in [1.54, 1.807) is 6.08 Å². The molecule has 0 spiro atoms. The summed E-state index contributed by atoms with van der Waals surface area (Å²) in [6.45, 7) is 0. The summed E-state index contributed by atoms with van der Waals surface area (Å²) in [6.07, 6.45) is 6.81. The zero-order valence-corrected chi connectivity index (χ0v) is 21.0. The molecule has 0 bridgehead atoms. The van der Waals surface area contributed by atoms with Crippen LogP contribution in [0, 0.1) is 0 Å². The molecule has 198 valence electrons. The van der Waals surface area contributed by atoms with Gasteiger partial charge in [0, 0.05) is 35.0 Å². The topological polar surface area (TPSA) is 65.1 Å². The Morgan fingerprint density at radius 2 is 1.70 bits per heavy atom. The third kappa shape index (κ3) is 8.14. The van der Waals surface area contributed by atoms with Crippen LogP contribution in [0.25, 0.3) is 28.2 Å². The first-order valence-electron chi connectivity index (χ1n) is 13.3. The lowest BCUT2D eigenvalue weighted by molar-refractivity contribution is -0.135. The molecule has 0 unspecified atom stereocenters. The number of aryl methyl sites for hydroxylation is 1. The molecule has 7 heteroatoms. The van der Waals surface area contributed by atoms with Crippen LogP contribution in [0.3, 0.4) is 0 Å². The summed E-state index contributed by atoms with van der Waals surface area (Å²) in [4.78, 5) is 14.6. The molecular formula is C30H35F3N2O2. The smallest absolute Gasteiger partial charge is 0.389 e. The summed E-state index contributed by atoms with van der Waals surface area (Å²) in [7, 11) is 0. The third-order valence-electron chi connectivity index (χ3n) is 6.86. The maximum absolute atomic E-state index is 12.3. The minimum atomic E-state index is -4.05. The van der Waals surface area contributed by atoms with Crippen LogP contribution in [0.4, 0.5) is 18.9 Å². The largest absolute Gasteiger partial charge is 0.478 e. The predicted molar refractivity (Wildman–Crippen MR) is 144 cm³/mol. The number of aromatic amines is 1. The van der Waals surface area contributed by atoms with Crippen molar-refractivity contribution in [2.45, 2.75) is 82.8 Å². The van der Waals surface area contributed by atoms with Gasteiger partial charge in [-0.2, -0.15) is 13.2 Å². The van der Waals surface area contributed by atoms with E-state index in [0.29, 0.717) is 12.5 Å². The number of para-hydroxylation sites is 1. The molecule has 1 aliphatic carbocycles. The number of aromatic nitrogens is 1.